The van der Waals surface area contributed by atoms with Gasteiger partial charge >= 0.3 is 0 Å². The number of anilines is 2. The number of hydrogen-bond acceptors (Lipinski definition) is 7. The van der Waals surface area contributed by atoms with Crippen LogP contribution in [0.3, 0.4) is 0 Å². The summed E-state index contributed by atoms with van der Waals surface area (Å²) < 4.78 is 2.09. The van der Waals surface area contributed by atoms with Crippen molar-refractivity contribution < 1.29 is 0 Å². The molecule has 0 bridgehead atoms. The highest BCUT2D eigenvalue weighted by Crippen LogP contribution is 2.31. The number of nitrogens with zero attached hydrogens (tertiary/aromatic N) is 3. The lowest BCUT2D eigenvalue weighted by molar-refractivity contribution is 0.361. The molecule has 0 spiro atoms. The summed E-state index contributed by atoms with van der Waals surface area (Å²) in [6, 6.07) is 16.0. The molecule has 0 radical (unpaired) electrons. The Kier molecular flexibility index (Phi) is 6.61. The number of fused-ring (bicyclic) bond motifs is 3. The van der Waals surface area contributed by atoms with E-state index in [9.17, 15) is 4.79 Å². The molecule has 0 aliphatic carbocycles. The first-order chi connectivity index (χ1) is 17.0. The van der Waals surface area contributed by atoms with E-state index in [-0.39, 0.29) is 5.43 Å². The van der Waals surface area contributed by atoms with Gasteiger partial charge in [-0.2, -0.15) is 0 Å². The van der Waals surface area contributed by atoms with Crippen LogP contribution in [0.1, 0.15) is 11.1 Å². The Morgan fingerprint density at radius 1 is 0.943 bits per heavy atom. The van der Waals surface area contributed by atoms with Crippen LogP contribution < -0.4 is 16.1 Å². The number of aryl methyl sites for hydroxylation is 2. The van der Waals surface area contributed by atoms with Crippen LogP contribution in [0.15, 0.2) is 65.7 Å². The Hall–Kier alpha value is -3.55. The average molecular weight is 484 g/mol. The summed E-state index contributed by atoms with van der Waals surface area (Å²) in [6.07, 6.45) is 3.69. The van der Waals surface area contributed by atoms with Crippen molar-refractivity contribution >= 4 is 53.9 Å². The second kappa shape index (κ2) is 9.98. The van der Waals surface area contributed by atoms with E-state index in [1.54, 1.807) is 11.3 Å². The van der Waals surface area contributed by atoms with Gasteiger partial charge in [-0.1, -0.05) is 18.2 Å². The summed E-state index contributed by atoms with van der Waals surface area (Å²) in [5.74, 6) is 0. The minimum Gasteiger partial charge on any atom is -0.383 e. The highest BCUT2D eigenvalue weighted by molar-refractivity contribution is 7.24. The van der Waals surface area contributed by atoms with E-state index in [0.717, 1.165) is 79.9 Å². The minimum atomic E-state index is 0.103. The maximum absolute atomic E-state index is 13.3. The van der Waals surface area contributed by atoms with Gasteiger partial charge in [0.05, 0.1) is 16.6 Å². The van der Waals surface area contributed by atoms with Gasteiger partial charge in [-0.05, 0) is 62.4 Å². The summed E-state index contributed by atoms with van der Waals surface area (Å²) >= 11 is 1.69. The first-order valence-corrected chi connectivity index (χ1v) is 12.7. The summed E-state index contributed by atoms with van der Waals surface area (Å²) in [7, 11) is 2.11. The van der Waals surface area contributed by atoms with Crippen molar-refractivity contribution in [3.8, 4) is 0 Å². The third-order valence-electron chi connectivity index (χ3n) is 6.26. The van der Waals surface area contributed by atoms with Crippen molar-refractivity contribution in [2.75, 3.05) is 43.9 Å². The zero-order valence-corrected chi connectivity index (χ0v) is 21.1. The van der Waals surface area contributed by atoms with Gasteiger partial charge in [-0.3, -0.25) is 14.8 Å². The normalized spacial score (nSPS) is 11.5. The molecule has 0 saturated heterocycles. The highest BCUT2D eigenvalue weighted by atomic mass is 32.1. The molecule has 178 valence electrons. The van der Waals surface area contributed by atoms with Crippen molar-refractivity contribution in [3.63, 3.8) is 0 Å². The van der Waals surface area contributed by atoms with Crippen molar-refractivity contribution in [3.05, 3.63) is 82.3 Å². The molecule has 6 nitrogen and oxygen atoms in total. The number of hydrogen-bond donors (Lipinski definition) is 2. The first kappa shape index (κ1) is 23.2. The quantitative estimate of drug-likeness (QED) is 0.287. The van der Waals surface area contributed by atoms with Crippen molar-refractivity contribution in [2.24, 2.45) is 0 Å². The summed E-state index contributed by atoms with van der Waals surface area (Å²) in [5, 5.41) is 8.60. The van der Waals surface area contributed by atoms with Gasteiger partial charge in [0, 0.05) is 59.0 Å². The number of nitrogens with one attached hydrogen (secondary N) is 2. The lowest BCUT2D eigenvalue weighted by Gasteiger charge is -2.19. The second-order valence-electron chi connectivity index (χ2n) is 8.96. The molecule has 0 atom stereocenters. The van der Waals surface area contributed by atoms with Crippen LogP contribution in [0.4, 0.5) is 11.4 Å². The summed E-state index contributed by atoms with van der Waals surface area (Å²) in [4.78, 5) is 24.5. The molecule has 3 aromatic heterocycles. The number of aromatic nitrogens is 2. The molecule has 2 N–H and O–H groups in total. The maximum Gasteiger partial charge on any atom is 0.197 e. The molecule has 0 amide bonds. The molecule has 3 heterocycles. The third kappa shape index (κ3) is 4.83. The third-order valence-corrected chi connectivity index (χ3v) is 7.56. The van der Waals surface area contributed by atoms with Crippen LogP contribution in [0, 0.1) is 13.8 Å². The van der Waals surface area contributed by atoms with Crippen molar-refractivity contribution in [1.29, 1.82) is 0 Å². The van der Waals surface area contributed by atoms with E-state index in [2.05, 4.69) is 51.6 Å². The van der Waals surface area contributed by atoms with Crippen LogP contribution in [-0.2, 0) is 0 Å². The number of likely N-dealkylation sites (N-methyl/N-ethyl adjacent to an activating group) is 1. The maximum atomic E-state index is 13.3. The smallest absolute Gasteiger partial charge is 0.197 e. The predicted octanol–water partition coefficient (Wildman–Crippen LogP) is 5.43. The van der Waals surface area contributed by atoms with E-state index >= 15 is 0 Å². The first-order valence-electron chi connectivity index (χ1n) is 11.8. The van der Waals surface area contributed by atoms with E-state index in [0.29, 0.717) is 0 Å². The Morgan fingerprint density at radius 3 is 2.54 bits per heavy atom. The molecular weight excluding hydrogens is 454 g/mol. The number of pyridine rings is 2. The van der Waals surface area contributed by atoms with Gasteiger partial charge in [-0.15, -0.1) is 11.3 Å². The van der Waals surface area contributed by atoms with Crippen molar-refractivity contribution in [1.82, 2.24) is 14.9 Å². The SMILES string of the molecule is Cc1cnc2c(NCCN(C)CCNc3ccc(C)c4sc5ccccc5c(=O)c34)ccnc2c1. The largest absolute Gasteiger partial charge is 0.383 e. The van der Waals surface area contributed by atoms with Gasteiger partial charge in [0.1, 0.15) is 5.52 Å². The van der Waals surface area contributed by atoms with Crippen LogP contribution in [0.2, 0.25) is 0 Å². The molecule has 0 aliphatic heterocycles. The second-order valence-corrected chi connectivity index (χ2v) is 10.0. The number of rotatable bonds is 8. The average Bonchev–Trinajstić information content (AvgIpc) is 2.85. The zero-order valence-electron chi connectivity index (χ0n) is 20.3. The predicted molar refractivity (Wildman–Crippen MR) is 149 cm³/mol. The van der Waals surface area contributed by atoms with Crippen LogP contribution in [0.25, 0.3) is 31.2 Å². The van der Waals surface area contributed by atoms with E-state index in [1.807, 2.05) is 55.7 Å². The van der Waals surface area contributed by atoms with Crippen molar-refractivity contribution in [2.45, 2.75) is 13.8 Å². The molecule has 2 aromatic carbocycles. The Labute approximate surface area is 208 Å². The van der Waals surface area contributed by atoms with Gasteiger partial charge in [-0.25, -0.2) is 0 Å². The molecular formula is C28H29N5OS. The topological polar surface area (TPSA) is 70.2 Å². The molecule has 0 fully saturated rings. The molecule has 35 heavy (non-hydrogen) atoms. The molecule has 0 saturated carbocycles. The highest BCUT2D eigenvalue weighted by Gasteiger charge is 2.12. The summed E-state index contributed by atoms with van der Waals surface area (Å²) in [6.45, 7) is 7.39. The van der Waals surface area contributed by atoms with Gasteiger partial charge in [0.25, 0.3) is 0 Å². The Bertz CT molecular complexity index is 1580. The lowest BCUT2D eigenvalue weighted by Crippen LogP contribution is -2.30. The minimum absolute atomic E-state index is 0.103. The fourth-order valence-corrected chi connectivity index (χ4v) is 5.50. The molecule has 5 aromatic rings. The Balaban J connectivity index is 1.22. The van der Waals surface area contributed by atoms with Crippen LogP contribution in [-0.4, -0.2) is 48.1 Å². The molecule has 0 unspecified atom stereocenters. The van der Waals surface area contributed by atoms with Crippen LogP contribution >= 0.6 is 11.3 Å². The molecule has 7 heteroatoms. The fourth-order valence-electron chi connectivity index (χ4n) is 4.33. The van der Waals surface area contributed by atoms with Gasteiger partial charge in [0.2, 0.25) is 0 Å². The molecule has 0 aliphatic rings. The van der Waals surface area contributed by atoms with Gasteiger partial charge in [0.15, 0.2) is 5.43 Å². The molecule has 5 rings (SSSR count). The fraction of sp³-hybridized carbons (Fsp3) is 0.250. The Morgan fingerprint density at radius 2 is 1.71 bits per heavy atom. The van der Waals surface area contributed by atoms with Gasteiger partial charge < -0.3 is 15.5 Å². The standard InChI is InChI=1S/C28H29N5OS/c1-18-16-23-26(32-17-18)22(10-11-29-23)31-13-15-33(3)14-12-30-21-9-8-19(2)28-25(21)27(34)20-6-4-5-7-24(20)35-28/h4-11,16-17,30H,12-15H2,1-3H3,(H,29,31). The monoisotopic (exact) mass is 483 g/mol. The zero-order chi connectivity index (χ0) is 24.4. The summed E-state index contributed by atoms with van der Waals surface area (Å²) in [5.41, 5.74) is 6.06. The van der Waals surface area contributed by atoms with E-state index in [4.69, 9.17) is 0 Å². The lowest BCUT2D eigenvalue weighted by atomic mass is 10.1. The van der Waals surface area contributed by atoms with Crippen LogP contribution in [0.5, 0.6) is 0 Å². The number of benzene rings is 2. The van der Waals surface area contributed by atoms with E-state index < -0.39 is 0 Å². The van der Waals surface area contributed by atoms with E-state index in [1.165, 1.54) is 0 Å².